The highest BCUT2D eigenvalue weighted by Crippen LogP contribution is 2.29. The van der Waals surface area contributed by atoms with E-state index in [0.717, 1.165) is 35.0 Å². The molecule has 9 heteroatoms. The Labute approximate surface area is 189 Å². The number of alkyl halides is 3. The van der Waals surface area contributed by atoms with Crippen LogP contribution in [0.1, 0.15) is 12.1 Å². The molecule has 2 aromatic carbocycles. The quantitative estimate of drug-likeness (QED) is 0.505. The van der Waals surface area contributed by atoms with Crippen molar-refractivity contribution in [2.45, 2.75) is 25.4 Å². The highest BCUT2D eigenvalue weighted by Gasteiger charge is 2.31. The van der Waals surface area contributed by atoms with Crippen LogP contribution in [0.3, 0.4) is 0 Å². The van der Waals surface area contributed by atoms with E-state index in [0.29, 0.717) is 12.6 Å². The third-order valence-corrected chi connectivity index (χ3v) is 6.43. The molecule has 1 saturated heterocycles. The standard InChI is InChI=1S/C23H25F3N4OS/c1-29(2)20-11-12-30(14-20)19-7-5-17(6-8-19)27-13-18-15-32-22(28-18)16-3-9-21(10-4-16)31-23(24,25)26/h3-10,15,20,27H,11-14H2,1-2H3. The van der Waals surface area contributed by atoms with E-state index in [1.54, 1.807) is 12.1 Å². The van der Waals surface area contributed by atoms with E-state index in [1.807, 2.05) is 5.38 Å². The maximum absolute atomic E-state index is 12.3. The van der Waals surface area contributed by atoms with E-state index in [-0.39, 0.29) is 5.75 Å². The molecule has 1 unspecified atom stereocenters. The Kier molecular flexibility index (Phi) is 6.57. The minimum atomic E-state index is -4.69. The van der Waals surface area contributed by atoms with Gasteiger partial charge in [0.2, 0.25) is 0 Å². The second kappa shape index (κ2) is 9.38. The molecule has 0 saturated carbocycles. The van der Waals surface area contributed by atoms with Crippen LogP contribution in [0.5, 0.6) is 5.75 Å². The predicted octanol–water partition coefficient (Wildman–Crippen LogP) is 5.46. The van der Waals surface area contributed by atoms with Crippen molar-refractivity contribution in [1.29, 1.82) is 0 Å². The maximum atomic E-state index is 12.3. The Morgan fingerprint density at radius 3 is 2.47 bits per heavy atom. The van der Waals surface area contributed by atoms with Gasteiger partial charge in [0.15, 0.2) is 0 Å². The molecule has 0 radical (unpaired) electrons. The summed E-state index contributed by atoms with van der Waals surface area (Å²) in [6, 6.07) is 14.8. The molecule has 0 spiro atoms. The van der Waals surface area contributed by atoms with E-state index in [9.17, 15) is 13.2 Å². The minimum absolute atomic E-state index is 0.241. The van der Waals surface area contributed by atoms with E-state index < -0.39 is 6.36 Å². The second-order valence-electron chi connectivity index (χ2n) is 7.97. The van der Waals surface area contributed by atoms with Crippen LogP contribution in [-0.4, -0.2) is 49.5 Å². The average Bonchev–Trinajstić information content (AvgIpc) is 3.42. The van der Waals surface area contributed by atoms with Crippen LogP contribution in [0, 0.1) is 0 Å². The van der Waals surface area contributed by atoms with Gasteiger partial charge in [-0.15, -0.1) is 24.5 Å². The Hall–Kier alpha value is -2.78. The van der Waals surface area contributed by atoms with Gasteiger partial charge in [-0.25, -0.2) is 4.98 Å². The number of nitrogens with zero attached hydrogens (tertiary/aromatic N) is 3. The lowest BCUT2D eigenvalue weighted by atomic mass is 10.2. The number of anilines is 2. The molecule has 1 aromatic heterocycles. The summed E-state index contributed by atoms with van der Waals surface area (Å²) in [6.07, 6.45) is -3.51. The zero-order chi connectivity index (χ0) is 22.7. The van der Waals surface area contributed by atoms with Crippen molar-refractivity contribution in [3.8, 4) is 16.3 Å². The first-order valence-corrected chi connectivity index (χ1v) is 11.2. The van der Waals surface area contributed by atoms with Crippen molar-refractivity contribution < 1.29 is 17.9 Å². The topological polar surface area (TPSA) is 40.6 Å². The van der Waals surface area contributed by atoms with Gasteiger partial charge in [0.1, 0.15) is 10.8 Å². The number of nitrogens with one attached hydrogen (secondary N) is 1. The molecule has 1 aliphatic rings. The number of thiazole rings is 1. The summed E-state index contributed by atoms with van der Waals surface area (Å²) in [5, 5.41) is 6.07. The summed E-state index contributed by atoms with van der Waals surface area (Å²) < 4.78 is 40.8. The number of aromatic nitrogens is 1. The fraction of sp³-hybridized carbons (Fsp3) is 0.348. The van der Waals surface area contributed by atoms with Crippen molar-refractivity contribution in [3.05, 3.63) is 59.6 Å². The number of ether oxygens (including phenoxy) is 1. The summed E-state index contributed by atoms with van der Waals surface area (Å²) in [6.45, 7) is 2.68. The lowest BCUT2D eigenvalue weighted by Gasteiger charge is -2.22. The summed E-state index contributed by atoms with van der Waals surface area (Å²) in [5.41, 5.74) is 3.87. The fourth-order valence-corrected chi connectivity index (χ4v) is 4.53. The molecule has 0 bridgehead atoms. The largest absolute Gasteiger partial charge is 0.573 e. The van der Waals surface area contributed by atoms with Gasteiger partial charge < -0.3 is 19.9 Å². The third kappa shape index (κ3) is 5.72. The summed E-state index contributed by atoms with van der Waals surface area (Å²) in [7, 11) is 4.25. The normalized spacial score (nSPS) is 16.6. The molecule has 1 atom stereocenters. The Bertz CT molecular complexity index is 1020. The zero-order valence-corrected chi connectivity index (χ0v) is 18.7. The highest BCUT2D eigenvalue weighted by molar-refractivity contribution is 7.13. The van der Waals surface area contributed by atoms with Crippen LogP contribution >= 0.6 is 11.3 Å². The predicted molar refractivity (Wildman–Crippen MR) is 122 cm³/mol. The molecule has 32 heavy (non-hydrogen) atoms. The first kappa shape index (κ1) is 22.4. The monoisotopic (exact) mass is 462 g/mol. The van der Waals surface area contributed by atoms with Gasteiger partial charge in [0, 0.05) is 41.4 Å². The molecule has 5 nitrogen and oxygen atoms in total. The van der Waals surface area contributed by atoms with Crippen molar-refractivity contribution in [2.24, 2.45) is 0 Å². The van der Waals surface area contributed by atoms with Crippen LogP contribution in [0.25, 0.3) is 10.6 Å². The van der Waals surface area contributed by atoms with Gasteiger partial charge in [-0.2, -0.15) is 0 Å². The Balaban J connectivity index is 1.31. The third-order valence-electron chi connectivity index (χ3n) is 5.49. The van der Waals surface area contributed by atoms with E-state index in [4.69, 9.17) is 0 Å². The minimum Gasteiger partial charge on any atom is -0.406 e. The van der Waals surface area contributed by atoms with Crippen molar-refractivity contribution in [2.75, 3.05) is 37.4 Å². The number of likely N-dealkylation sites (N-methyl/N-ethyl adjacent to an activating group) is 1. The number of benzene rings is 2. The van der Waals surface area contributed by atoms with Gasteiger partial charge in [0.25, 0.3) is 0 Å². The van der Waals surface area contributed by atoms with E-state index >= 15 is 0 Å². The zero-order valence-electron chi connectivity index (χ0n) is 17.9. The smallest absolute Gasteiger partial charge is 0.406 e. The highest BCUT2D eigenvalue weighted by atomic mass is 32.1. The number of hydrogen-bond acceptors (Lipinski definition) is 6. The van der Waals surface area contributed by atoms with Gasteiger partial charge in [-0.05, 0) is 69.0 Å². The average molecular weight is 463 g/mol. The van der Waals surface area contributed by atoms with Crippen molar-refractivity contribution in [3.63, 3.8) is 0 Å². The molecule has 1 N–H and O–H groups in total. The van der Waals surface area contributed by atoms with E-state index in [2.05, 4.69) is 63.2 Å². The molecule has 170 valence electrons. The van der Waals surface area contributed by atoms with Gasteiger partial charge in [-0.1, -0.05) is 0 Å². The van der Waals surface area contributed by atoms with Crippen LogP contribution in [0.4, 0.5) is 24.5 Å². The first-order valence-electron chi connectivity index (χ1n) is 10.3. The summed E-state index contributed by atoms with van der Waals surface area (Å²) in [5.74, 6) is -0.241. The van der Waals surface area contributed by atoms with Gasteiger partial charge in [-0.3, -0.25) is 0 Å². The summed E-state index contributed by atoms with van der Waals surface area (Å²) in [4.78, 5) is 9.27. The van der Waals surface area contributed by atoms with Crippen LogP contribution in [0.2, 0.25) is 0 Å². The maximum Gasteiger partial charge on any atom is 0.573 e. The van der Waals surface area contributed by atoms with Crippen LogP contribution in [0.15, 0.2) is 53.9 Å². The number of halogens is 3. The molecule has 4 rings (SSSR count). The summed E-state index contributed by atoms with van der Waals surface area (Å²) >= 11 is 1.45. The Morgan fingerprint density at radius 1 is 1.12 bits per heavy atom. The second-order valence-corrected chi connectivity index (χ2v) is 8.83. The number of hydrogen-bond donors (Lipinski definition) is 1. The Morgan fingerprint density at radius 2 is 1.84 bits per heavy atom. The molecule has 2 heterocycles. The van der Waals surface area contributed by atoms with Crippen LogP contribution < -0.4 is 15.0 Å². The SMILES string of the molecule is CN(C)C1CCN(c2ccc(NCc3csc(-c4ccc(OC(F)(F)F)cc4)n3)cc2)C1. The lowest BCUT2D eigenvalue weighted by molar-refractivity contribution is -0.274. The van der Waals surface area contributed by atoms with E-state index in [1.165, 1.54) is 35.6 Å². The molecule has 0 amide bonds. The molecule has 1 fully saturated rings. The van der Waals surface area contributed by atoms with Crippen molar-refractivity contribution in [1.82, 2.24) is 9.88 Å². The van der Waals surface area contributed by atoms with Gasteiger partial charge in [0.05, 0.1) is 12.2 Å². The lowest BCUT2D eigenvalue weighted by Crippen LogP contribution is -2.31. The first-order chi connectivity index (χ1) is 15.3. The van der Waals surface area contributed by atoms with Gasteiger partial charge >= 0.3 is 6.36 Å². The number of rotatable bonds is 7. The molecule has 0 aliphatic carbocycles. The molecular formula is C23H25F3N4OS. The molecule has 3 aromatic rings. The molecule has 1 aliphatic heterocycles. The van der Waals surface area contributed by atoms with Crippen molar-refractivity contribution >= 4 is 22.7 Å². The molecular weight excluding hydrogens is 437 g/mol. The fourth-order valence-electron chi connectivity index (χ4n) is 3.70. The van der Waals surface area contributed by atoms with Crippen LogP contribution in [-0.2, 0) is 6.54 Å².